The van der Waals surface area contributed by atoms with E-state index in [1.165, 1.54) is 0 Å². The first-order valence-corrected chi connectivity index (χ1v) is 8.39. The van der Waals surface area contributed by atoms with Gasteiger partial charge in [0, 0.05) is 0 Å². The van der Waals surface area contributed by atoms with Crippen LogP contribution in [0.15, 0.2) is 54.2 Å². The van der Waals surface area contributed by atoms with Crippen LogP contribution in [0.25, 0.3) is 6.08 Å². The summed E-state index contributed by atoms with van der Waals surface area (Å²) in [6.45, 7) is 2.43. The molecule has 0 aromatic heterocycles. The molecule has 2 aromatic carbocycles. The molecule has 0 atom stereocenters. The zero-order chi connectivity index (χ0) is 19.2. The Hall–Kier alpha value is -3.72. The van der Waals surface area contributed by atoms with Gasteiger partial charge < -0.3 is 14.8 Å². The van der Waals surface area contributed by atoms with Crippen molar-refractivity contribution >= 4 is 23.7 Å². The second-order valence-corrected chi connectivity index (χ2v) is 5.60. The number of amides is 3. The van der Waals surface area contributed by atoms with Crippen molar-refractivity contribution in [2.45, 2.75) is 6.92 Å². The van der Waals surface area contributed by atoms with Crippen LogP contribution in [0.5, 0.6) is 11.5 Å². The van der Waals surface area contributed by atoms with Crippen molar-refractivity contribution in [1.82, 2.24) is 5.32 Å². The summed E-state index contributed by atoms with van der Waals surface area (Å²) in [6.07, 6.45) is 6.81. The second-order valence-electron chi connectivity index (χ2n) is 5.60. The Balaban J connectivity index is 1.88. The predicted molar refractivity (Wildman–Crippen MR) is 102 cm³/mol. The van der Waals surface area contributed by atoms with E-state index in [0.717, 1.165) is 4.90 Å². The normalized spacial score (nSPS) is 14.8. The topological polar surface area (TPSA) is 67.9 Å². The van der Waals surface area contributed by atoms with Crippen LogP contribution in [-0.4, -0.2) is 25.2 Å². The van der Waals surface area contributed by atoms with Crippen molar-refractivity contribution in [3.63, 3.8) is 0 Å². The van der Waals surface area contributed by atoms with E-state index in [0.29, 0.717) is 29.4 Å². The highest BCUT2D eigenvalue weighted by Crippen LogP contribution is 2.30. The molecule has 1 N–H and O–H groups in total. The minimum Gasteiger partial charge on any atom is -0.490 e. The number of nitrogens with one attached hydrogen (secondary N) is 1. The van der Waals surface area contributed by atoms with Crippen LogP contribution < -0.4 is 19.7 Å². The van der Waals surface area contributed by atoms with Gasteiger partial charge in [0.1, 0.15) is 12.3 Å². The number of carbonyl (C=O) groups is 2. The number of imide groups is 1. The Morgan fingerprint density at radius 2 is 1.89 bits per heavy atom. The van der Waals surface area contributed by atoms with E-state index in [-0.39, 0.29) is 12.3 Å². The van der Waals surface area contributed by atoms with Gasteiger partial charge in [-0.2, -0.15) is 0 Å². The summed E-state index contributed by atoms with van der Waals surface area (Å²) < 4.78 is 11.0. The van der Waals surface area contributed by atoms with Crippen LogP contribution in [0.2, 0.25) is 0 Å². The number of benzene rings is 2. The molecule has 3 amide bonds. The van der Waals surface area contributed by atoms with Crippen molar-refractivity contribution in [1.29, 1.82) is 0 Å². The quantitative estimate of drug-likeness (QED) is 0.487. The number of urea groups is 1. The maximum absolute atomic E-state index is 12.6. The van der Waals surface area contributed by atoms with E-state index in [2.05, 4.69) is 11.2 Å². The average molecular weight is 362 g/mol. The van der Waals surface area contributed by atoms with Gasteiger partial charge in [-0.25, -0.2) is 9.69 Å². The van der Waals surface area contributed by atoms with Gasteiger partial charge in [0.05, 0.1) is 12.3 Å². The Morgan fingerprint density at radius 1 is 1.11 bits per heavy atom. The molecule has 1 saturated heterocycles. The first-order chi connectivity index (χ1) is 13.1. The van der Waals surface area contributed by atoms with Gasteiger partial charge in [-0.1, -0.05) is 30.2 Å². The summed E-state index contributed by atoms with van der Waals surface area (Å²) in [4.78, 5) is 26.0. The molecule has 0 radical (unpaired) electrons. The molecule has 1 heterocycles. The zero-order valence-electron chi connectivity index (χ0n) is 14.8. The van der Waals surface area contributed by atoms with Crippen LogP contribution >= 0.6 is 0 Å². The minimum absolute atomic E-state index is 0.126. The number of carbonyl (C=O) groups excluding carboxylic acids is 2. The van der Waals surface area contributed by atoms with Gasteiger partial charge in [-0.05, 0) is 42.8 Å². The lowest BCUT2D eigenvalue weighted by Gasteiger charge is -2.11. The maximum atomic E-state index is 12.6. The number of ether oxygens (including phenoxy) is 2. The van der Waals surface area contributed by atoms with Crippen LogP contribution in [0.3, 0.4) is 0 Å². The number of terminal acetylenes is 1. The third kappa shape index (κ3) is 3.93. The van der Waals surface area contributed by atoms with Crippen molar-refractivity contribution in [3.8, 4) is 23.8 Å². The molecule has 2 aromatic rings. The van der Waals surface area contributed by atoms with Gasteiger partial charge in [0.15, 0.2) is 11.5 Å². The summed E-state index contributed by atoms with van der Waals surface area (Å²) in [5.74, 6) is 3.01. The zero-order valence-corrected chi connectivity index (χ0v) is 14.8. The van der Waals surface area contributed by atoms with E-state index < -0.39 is 11.9 Å². The lowest BCUT2D eigenvalue weighted by atomic mass is 10.1. The lowest BCUT2D eigenvalue weighted by molar-refractivity contribution is -0.113. The standard InChI is InChI=1S/C21H18N2O4/c1-3-12-27-18-11-10-15(14-19(18)26-4-2)13-17-20(24)23(21(25)22-17)16-8-6-5-7-9-16/h1,5-11,13-14H,4,12H2,2H3,(H,22,25). The highest BCUT2D eigenvalue weighted by atomic mass is 16.5. The SMILES string of the molecule is C#CCOc1ccc(C=C2NC(=O)N(c3ccccc3)C2=O)cc1OCC. The van der Waals surface area contributed by atoms with Crippen molar-refractivity contribution in [2.75, 3.05) is 18.1 Å². The number of rotatable bonds is 6. The summed E-state index contributed by atoms with van der Waals surface area (Å²) in [5.41, 5.74) is 1.38. The number of hydrogen-bond acceptors (Lipinski definition) is 4. The van der Waals surface area contributed by atoms with E-state index in [4.69, 9.17) is 15.9 Å². The molecule has 0 bridgehead atoms. The van der Waals surface area contributed by atoms with Gasteiger partial charge in [-0.3, -0.25) is 4.79 Å². The Morgan fingerprint density at radius 3 is 2.59 bits per heavy atom. The average Bonchev–Trinajstić information content (AvgIpc) is 2.95. The lowest BCUT2D eigenvalue weighted by Crippen LogP contribution is -2.30. The summed E-state index contributed by atoms with van der Waals surface area (Å²) in [6, 6.07) is 13.5. The van der Waals surface area contributed by atoms with E-state index in [9.17, 15) is 9.59 Å². The van der Waals surface area contributed by atoms with Crippen LogP contribution in [0.4, 0.5) is 10.5 Å². The fourth-order valence-electron chi connectivity index (χ4n) is 2.63. The fourth-order valence-corrected chi connectivity index (χ4v) is 2.63. The molecule has 3 rings (SSSR count). The number of para-hydroxylation sites is 1. The predicted octanol–water partition coefficient (Wildman–Crippen LogP) is 3.19. The molecule has 6 heteroatoms. The third-order valence-electron chi connectivity index (χ3n) is 3.78. The summed E-state index contributed by atoms with van der Waals surface area (Å²) >= 11 is 0. The minimum atomic E-state index is -0.489. The van der Waals surface area contributed by atoms with Crippen molar-refractivity contribution in [2.24, 2.45) is 0 Å². The smallest absolute Gasteiger partial charge is 0.333 e. The first-order valence-electron chi connectivity index (χ1n) is 8.39. The fraction of sp³-hybridized carbons (Fsp3) is 0.143. The largest absolute Gasteiger partial charge is 0.490 e. The molecule has 136 valence electrons. The molecule has 0 saturated carbocycles. The molecular weight excluding hydrogens is 344 g/mol. The molecule has 0 aliphatic carbocycles. The first kappa shape index (κ1) is 18.1. The van der Waals surface area contributed by atoms with Crippen LogP contribution in [0, 0.1) is 12.3 Å². The summed E-state index contributed by atoms with van der Waals surface area (Å²) in [5, 5.41) is 2.60. The van der Waals surface area contributed by atoms with Crippen LogP contribution in [-0.2, 0) is 4.79 Å². The Bertz CT molecular complexity index is 929. The highest BCUT2D eigenvalue weighted by molar-refractivity contribution is 6.28. The molecule has 0 spiro atoms. The highest BCUT2D eigenvalue weighted by Gasteiger charge is 2.34. The third-order valence-corrected chi connectivity index (χ3v) is 3.78. The van der Waals surface area contributed by atoms with Crippen molar-refractivity contribution in [3.05, 3.63) is 59.8 Å². The molecule has 6 nitrogen and oxygen atoms in total. The number of anilines is 1. The Kier molecular flexibility index (Phi) is 5.43. The monoisotopic (exact) mass is 362 g/mol. The maximum Gasteiger partial charge on any atom is 0.333 e. The van der Waals surface area contributed by atoms with Gasteiger partial charge in [0.2, 0.25) is 0 Å². The molecular formula is C21H18N2O4. The molecule has 1 fully saturated rings. The molecule has 1 aliphatic rings. The molecule has 27 heavy (non-hydrogen) atoms. The molecule has 1 aliphatic heterocycles. The molecule has 0 unspecified atom stereocenters. The van der Waals surface area contributed by atoms with Gasteiger partial charge in [0.25, 0.3) is 5.91 Å². The van der Waals surface area contributed by atoms with Gasteiger partial charge >= 0.3 is 6.03 Å². The number of hydrogen-bond donors (Lipinski definition) is 1. The van der Waals surface area contributed by atoms with E-state index >= 15 is 0 Å². The van der Waals surface area contributed by atoms with Crippen molar-refractivity contribution < 1.29 is 19.1 Å². The van der Waals surface area contributed by atoms with Crippen LogP contribution in [0.1, 0.15) is 12.5 Å². The number of nitrogens with zero attached hydrogens (tertiary/aromatic N) is 1. The summed E-state index contributed by atoms with van der Waals surface area (Å²) in [7, 11) is 0. The second kappa shape index (κ2) is 8.11. The Labute approximate surface area is 157 Å². The van der Waals surface area contributed by atoms with Gasteiger partial charge in [-0.15, -0.1) is 6.42 Å². The van der Waals surface area contributed by atoms with E-state index in [1.807, 2.05) is 13.0 Å². The van der Waals surface area contributed by atoms with E-state index in [1.54, 1.807) is 48.5 Å².